The summed E-state index contributed by atoms with van der Waals surface area (Å²) in [6.07, 6.45) is 8.82. The van der Waals surface area contributed by atoms with Crippen LogP contribution in [0.15, 0.2) is 63.1 Å². The van der Waals surface area contributed by atoms with Crippen LogP contribution in [0.1, 0.15) is 81.5 Å². The number of terminal acetylenes is 1. The quantitative estimate of drug-likeness (QED) is 0.0270. The number of carbonyl (C=O) groups is 5. The molecule has 6 N–H and O–H groups in total. The molecule has 4 amide bonds. The van der Waals surface area contributed by atoms with Crippen molar-refractivity contribution in [3.8, 4) is 12.3 Å². The molecule has 0 bridgehead atoms. The van der Waals surface area contributed by atoms with E-state index < -0.39 is 35.4 Å². The summed E-state index contributed by atoms with van der Waals surface area (Å²) >= 11 is 0. The average molecular weight is 785 g/mol. The zero-order valence-electron chi connectivity index (χ0n) is 33.8. The first-order chi connectivity index (χ1) is 27.3. The maximum atomic E-state index is 13.4. The number of benzene rings is 2. The third kappa shape index (κ3) is 14.6. The molecule has 0 spiro atoms. The highest BCUT2D eigenvalue weighted by Gasteiger charge is 2.24. The third-order valence-electron chi connectivity index (χ3n) is 9.24. The van der Waals surface area contributed by atoms with Crippen LogP contribution >= 0.6 is 0 Å². The number of rotatable bonds is 23. The summed E-state index contributed by atoms with van der Waals surface area (Å²) in [6.45, 7) is 17.4. The molecular weight excluding hydrogens is 729 g/mol. The third-order valence-corrected chi connectivity index (χ3v) is 9.24. The molecule has 0 aliphatic heterocycles. The SMILES string of the molecule is C#C/C(=C\CC(C)N=NC(C(C)=O)C(=O)Nc1ccc2[nH]c(=O)[nH]c2c1)C(=O)Nc1cc(C(=O)NCCCN(CC)CC)cc(C(=O)NCCCN(CC)CC)c1. The number of anilines is 2. The molecular formula is C41H56N10O6. The molecule has 2 aromatic carbocycles. The number of hydrogen-bond donors (Lipinski definition) is 6. The molecule has 0 radical (unpaired) electrons. The van der Waals surface area contributed by atoms with E-state index >= 15 is 0 Å². The summed E-state index contributed by atoms with van der Waals surface area (Å²) in [7, 11) is 0. The topological polar surface area (TPSA) is 213 Å². The maximum Gasteiger partial charge on any atom is 0.323 e. The van der Waals surface area contributed by atoms with E-state index in [0.29, 0.717) is 29.8 Å². The van der Waals surface area contributed by atoms with E-state index in [1.807, 2.05) is 0 Å². The highest BCUT2D eigenvalue weighted by molar-refractivity contribution is 6.11. The van der Waals surface area contributed by atoms with Crippen LogP contribution in [0.25, 0.3) is 11.0 Å². The predicted octanol–water partition coefficient (Wildman–Crippen LogP) is 4.10. The Morgan fingerprint density at radius 2 is 1.35 bits per heavy atom. The molecule has 1 aromatic heterocycles. The Labute approximate surface area is 333 Å². The lowest BCUT2D eigenvalue weighted by Crippen LogP contribution is -2.32. The van der Waals surface area contributed by atoms with Crippen molar-refractivity contribution in [2.45, 2.75) is 72.9 Å². The number of carbonyl (C=O) groups excluding carboxylic acids is 5. The van der Waals surface area contributed by atoms with Crippen LogP contribution in [0.4, 0.5) is 11.4 Å². The lowest BCUT2D eigenvalue weighted by molar-refractivity contribution is -0.126. The van der Waals surface area contributed by atoms with Crippen LogP contribution in [0.3, 0.4) is 0 Å². The Hall–Kier alpha value is -5.92. The van der Waals surface area contributed by atoms with Gasteiger partial charge in [0.15, 0.2) is 5.78 Å². The van der Waals surface area contributed by atoms with E-state index in [0.717, 1.165) is 52.1 Å². The standard InChI is InChI=1S/C41H56N10O6/c1-8-29(16-15-27(6)48-49-36(28(7)52)40(56)44-32-17-18-34-35(26-32)47-41(57)46-34)39(55)45-33-24-30(37(53)42-19-13-21-50(9-2)10-3)23-31(25-33)38(54)43-20-14-22-51(11-4)12-5/h1,16-18,23-27,36H,9-15,19-22H2,2-7H3,(H,42,53)(H,43,54)(H,44,56)(H,45,55)(H2,46,47,57)/b29-16+,49-48?. The minimum Gasteiger partial charge on any atom is -0.352 e. The number of azo groups is 1. The van der Waals surface area contributed by atoms with Crippen LogP contribution in [-0.2, 0) is 14.4 Å². The highest BCUT2D eigenvalue weighted by Crippen LogP contribution is 2.18. The normalized spacial score (nSPS) is 12.7. The number of nitrogens with one attached hydrogen (secondary N) is 6. The van der Waals surface area contributed by atoms with Gasteiger partial charge < -0.3 is 41.0 Å². The van der Waals surface area contributed by atoms with Crippen molar-refractivity contribution in [3.63, 3.8) is 0 Å². The van der Waals surface area contributed by atoms with Crippen LogP contribution in [0.2, 0.25) is 0 Å². The Balaban J connectivity index is 1.71. The molecule has 0 saturated heterocycles. The number of aromatic nitrogens is 2. The van der Waals surface area contributed by atoms with Gasteiger partial charge in [0, 0.05) is 35.6 Å². The van der Waals surface area contributed by atoms with Crippen molar-refractivity contribution < 1.29 is 24.0 Å². The fraction of sp³-hybridized carbons (Fsp3) is 0.463. The van der Waals surface area contributed by atoms with Gasteiger partial charge in [-0.1, -0.05) is 39.7 Å². The van der Waals surface area contributed by atoms with Crippen molar-refractivity contribution in [2.24, 2.45) is 10.2 Å². The lowest BCUT2D eigenvalue weighted by Gasteiger charge is -2.18. The Morgan fingerprint density at radius 3 is 1.88 bits per heavy atom. The minimum absolute atomic E-state index is 0.0373. The fourth-order valence-corrected chi connectivity index (χ4v) is 5.83. The van der Waals surface area contributed by atoms with Crippen LogP contribution in [0.5, 0.6) is 0 Å². The summed E-state index contributed by atoms with van der Waals surface area (Å²) in [5.41, 5.74) is 1.56. The summed E-state index contributed by atoms with van der Waals surface area (Å²) in [5, 5.41) is 19.3. The van der Waals surface area contributed by atoms with Crippen molar-refractivity contribution in [1.29, 1.82) is 0 Å². The van der Waals surface area contributed by atoms with Gasteiger partial charge in [-0.05, 0) is 109 Å². The summed E-state index contributed by atoms with van der Waals surface area (Å²) in [6, 6.07) is 7.18. The Kier molecular flexibility index (Phi) is 18.5. The summed E-state index contributed by atoms with van der Waals surface area (Å²) in [5.74, 6) is -0.300. The summed E-state index contributed by atoms with van der Waals surface area (Å²) < 4.78 is 0. The van der Waals surface area contributed by atoms with Gasteiger partial charge in [0.05, 0.1) is 22.6 Å². The number of H-pyrrole nitrogens is 2. The highest BCUT2D eigenvalue weighted by atomic mass is 16.2. The van der Waals surface area contributed by atoms with E-state index in [1.165, 1.54) is 31.2 Å². The van der Waals surface area contributed by atoms with Crippen LogP contribution in [0, 0.1) is 12.3 Å². The van der Waals surface area contributed by atoms with Crippen LogP contribution < -0.4 is 27.0 Å². The van der Waals surface area contributed by atoms with Crippen molar-refractivity contribution in [1.82, 2.24) is 30.4 Å². The van der Waals surface area contributed by atoms with Gasteiger partial charge in [-0.15, -0.1) is 6.42 Å². The minimum atomic E-state index is -1.44. The molecule has 306 valence electrons. The molecule has 0 aliphatic carbocycles. The molecule has 2 atom stereocenters. The fourth-order valence-electron chi connectivity index (χ4n) is 5.83. The molecule has 0 fully saturated rings. The molecule has 0 aliphatic rings. The van der Waals surface area contributed by atoms with Crippen molar-refractivity contribution in [3.05, 3.63) is 69.7 Å². The molecule has 1 heterocycles. The molecule has 3 rings (SSSR count). The second-order valence-electron chi connectivity index (χ2n) is 13.4. The molecule has 0 saturated carbocycles. The largest absolute Gasteiger partial charge is 0.352 e. The maximum absolute atomic E-state index is 13.4. The van der Waals surface area contributed by atoms with Gasteiger partial charge in [-0.2, -0.15) is 10.2 Å². The van der Waals surface area contributed by atoms with E-state index in [4.69, 9.17) is 6.42 Å². The smallest absolute Gasteiger partial charge is 0.323 e. The van der Waals surface area contributed by atoms with Gasteiger partial charge in [-0.25, -0.2) is 4.79 Å². The number of Topliss-reactive ketones (excluding diaryl/α,β-unsaturated/α-hetero) is 1. The van der Waals surface area contributed by atoms with Gasteiger partial charge in [-0.3, -0.25) is 24.0 Å². The molecule has 16 heteroatoms. The van der Waals surface area contributed by atoms with Crippen molar-refractivity contribution in [2.75, 3.05) is 63.0 Å². The molecule has 2 unspecified atom stereocenters. The van der Waals surface area contributed by atoms with Gasteiger partial charge in [0.25, 0.3) is 23.6 Å². The number of hydrogen-bond acceptors (Lipinski definition) is 10. The molecule has 57 heavy (non-hydrogen) atoms. The number of fused-ring (bicyclic) bond motifs is 1. The van der Waals surface area contributed by atoms with Crippen LogP contribution in [-0.4, -0.2) is 114 Å². The van der Waals surface area contributed by atoms with Crippen molar-refractivity contribution >= 4 is 51.8 Å². The number of nitrogens with zero attached hydrogens (tertiary/aromatic N) is 4. The Morgan fingerprint density at radius 1 is 0.789 bits per heavy atom. The van der Waals surface area contributed by atoms with E-state index in [2.05, 4.69) is 84.9 Å². The average Bonchev–Trinajstić information content (AvgIpc) is 3.57. The second-order valence-corrected chi connectivity index (χ2v) is 13.4. The summed E-state index contributed by atoms with van der Waals surface area (Å²) in [4.78, 5) is 86.4. The number of amides is 4. The number of ketones is 1. The Bertz CT molecular complexity index is 1970. The first-order valence-electron chi connectivity index (χ1n) is 19.4. The van der Waals surface area contributed by atoms with Gasteiger partial charge in [0.2, 0.25) is 6.04 Å². The monoisotopic (exact) mass is 784 g/mol. The zero-order chi connectivity index (χ0) is 41.9. The zero-order valence-corrected chi connectivity index (χ0v) is 33.8. The first-order valence-corrected chi connectivity index (χ1v) is 19.4. The first kappa shape index (κ1) is 45.5. The predicted molar refractivity (Wildman–Crippen MR) is 222 cm³/mol. The van der Waals surface area contributed by atoms with E-state index in [9.17, 15) is 28.8 Å². The van der Waals surface area contributed by atoms with E-state index in [1.54, 1.807) is 25.1 Å². The number of aromatic amines is 2. The van der Waals surface area contributed by atoms with Gasteiger partial charge >= 0.3 is 5.69 Å². The molecule has 3 aromatic rings. The second kappa shape index (κ2) is 23.2. The molecule has 16 nitrogen and oxygen atoms in total. The van der Waals surface area contributed by atoms with Gasteiger partial charge in [0.1, 0.15) is 0 Å². The van der Waals surface area contributed by atoms with E-state index in [-0.39, 0.29) is 40.6 Å². The number of imidazole rings is 1. The lowest BCUT2D eigenvalue weighted by atomic mass is 10.1.